The highest BCUT2D eigenvalue weighted by Gasteiger charge is 2.22. The van der Waals surface area contributed by atoms with Crippen LogP contribution in [0.15, 0.2) is 64.6 Å². The van der Waals surface area contributed by atoms with Gasteiger partial charge in [0, 0.05) is 23.9 Å². The number of carbonyl (C=O) groups excluding carboxylic acids is 1. The summed E-state index contributed by atoms with van der Waals surface area (Å²) >= 11 is 0. The van der Waals surface area contributed by atoms with Crippen LogP contribution in [0.4, 0.5) is 0 Å². The molecule has 0 bridgehead atoms. The molecule has 1 saturated carbocycles. The Hall–Kier alpha value is -2.69. The van der Waals surface area contributed by atoms with E-state index in [0.29, 0.717) is 0 Å². The zero-order chi connectivity index (χ0) is 16.8. The van der Waals surface area contributed by atoms with Crippen LogP contribution < -0.4 is 11.0 Å². The number of carbonyl (C=O) groups is 1. The van der Waals surface area contributed by atoms with Crippen molar-refractivity contribution >= 4 is 11.6 Å². The first-order valence-corrected chi connectivity index (χ1v) is 8.30. The molecule has 0 spiro atoms. The Morgan fingerprint density at radius 3 is 2.71 bits per heavy atom. The predicted molar refractivity (Wildman–Crippen MR) is 93.9 cm³/mol. The summed E-state index contributed by atoms with van der Waals surface area (Å²) in [5, 5.41) is 4.37. The van der Waals surface area contributed by atoms with Gasteiger partial charge in [-0.25, -0.2) is 5.43 Å². The van der Waals surface area contributed by atoms with Gasteiger partial charge in [0.15, 0.2) is 0 Å². The number of aromatic nitrogens is 1. The average molecular weight is 323 g/mol. The number of benzene rings is 1. The van der Waals surface area contributed by atoms with E-state index in [1.165, 1.54) is 22.6 Å². The second-order valence-corrected chi connectivity index (χ2v) is 6.01. The molecule has 1 fully saturated rings. The molecule has 5 nitrogen and oxygen atoms in total. The third kappa shape index (κ3) is 3.98. The number of nitrogens with zero attached hydrogens (tertiary/aromatic N) is 2. The summed E-state index contributed by atoms with van der Waals surface area (Å²) in [5.74, 6) is -0.0205. The quantitative estimate of drug-likeness (QED) is 0.879. The molecule has 5 heteroatoms. The van der Waals surface area contributed by atoms with E-state index in [1.807, 2.05) is 18.2 Å². The molecule has 1 heterocycles. The molecule has 124 valence electrons. The fourth-order valence-electron chi connectivity index (χ4n) is 3.09. The van der Waals surface area contributed by atoms with Gasteiger partial charge in [0.05, 0.1) is 0 Å². The molecule has 3 rings (SSSR count). The maximum atomic E-state index is 12.1. The van der Waals surface area contributed by atoms with Crippen molar-refractivity contribution in [3.8, 4) is 0 Å². The lowest BCUT2D eigenvalue weighted by molar-refractivity contribution is -0.121. The van der Waals surface area contributed by atoms with Gasteiger partial charge < -0.3 is 4.57 Å². The number of pyridine rings is 1. The minimum atomic E-state index is -0.284. The van der Waals surface area contributed by atoms with Crippen LogP contribution in [0.5, 0.6) is 0 Å². The summed E-state index contributed by atoms with van der Waals surface area (Å²) in [6, 6.07) is 15.1. The second-order valence-electron chi connectivity index (χ2n) is 6.01. The van der Waals surface area contributed by atoms with Crippen molar-refractivity contribution in [1.82, 2.24) is 9.99 Å². The van der Waals surface area contributed by atoms with Gasteiger partial charge in [-0.3, -0.25) is 9.59 Å². The SMILES string of the molecule is O=C(Cn1ccccc1=O)N/N=C1/CCCC[C@H]1c1ccccc1. The summed E-state index contributed by atoms with van der Waals surface area (Å²) in [6.45, 7) is -0.0214. The van der Waals surface area contributed by atoms with E-state index < -0.39 is 0 Å². The molecule has 0 aliphatic heterocycles. The third-order valence-electron chi connectivity index (χ3n) is 4.32. The van der Waals surface area contributed by atoms with Crippen molar-refractivity contribution in [1.29, 1.82) is 0 Å². The molecule has 1 aliphatic rings. The van der Waals surface area contributed by atoms with E-state index >= 15 is 0 Å². The van der Waals surface area contributed by atoms with E-state index in [4.69, 9.17) is 0 Å². The Labute approximate surface area is 141 Å². The first-order valence-electron chi connectivity index (χ1n) is 8.30. The number of nitrogens with one attached hydrogen (secondary N) is 1. The van der Waals surface area contributed by atoms with Gasteiger partial charge in [-0.15, -0.1) is 0 Å². The van der Waals surface area contributed by atoms with Gasteiger partial charge in [0.25, 0.3) is 11.5 Å². The fourth-order valence-corrected chi connectivity index (χ4v) is 3.09. The summed E-state index contributed by atoms with van der Waals surface area (Å²) in [5.41, 5.74) is 4.68. The smallest absolute Gasteiger partial charge is 0.260 e. The van der Waals surface area contributed by atoms with Gasteiger partial charge in [0.2, 0.25) is 0 Å². The van der Waals surface area contributed by atoms with Crippen molar-refractivity contribution in [2.24, 2.45) is 5.10 Å². The minimum absolute atomic E-state index is 0.0214. The number of hydrogen-bond acceptors (Lipinski definition) is 3. The highest BCUT2D eigenvalue weighted by Crippen LogP contribution is 2.30. The molecule has 1 aromatic carbocycles. The Balaban J connectivity index is 1.69. The van der Waals surface area contributed by atoms with Crippen LogP contribution in [-0.4, -0.2) is 16.2 Å². The van der Waals surface area contributed by atoms with Crippen molar-refractivity contribution < 1.29 is 4.79 Å². The lowest BCUT2D eigenvalue weighted by atomic mass is 9.82. The maximum absolute atomic E-state index is 12.1. The highest BCUT2D eigenvalue weighted by atomic mass is 16.2. The Morgan fingerprint density at radius 2 is 1.92 bits per heavy atom. The lowest BCUT2D eigenvalue weighted by Crippen LogP contribution is -2.30. The van der Waals surface area contributed by atoms with Crippen molar-refractivity contribution in [2.75, 3.05) is 0 Å². The van der Waals surface area contributed by atoms with Gasteiger partial charge in [-0.2, -0.15) is 5.10 Å². The Morgan fingerprint density at radius 1 is 1.12 bits per heavy atom. The number of hydrogen-bond donors (Lipinski definition) is 1. The fraction of sp³-hybridized carbons (Fsp3) is 0.316. The molecular weight excluding hydrogens is 302 g/mol. The molecular formula is C19H21N3O2. The molecule has 0 saturated heterocycles. The summed E-state index contributed by atoms with van der Waals surface area (Å²) in [7, 11) is 0. The van der Waals surface area contributed by atoms with E-state index in [2.05, 4.69) is 22.7 Å². The van der Waals surface area contributed by atoms with Gasteiger partial charge >= 0.3 is 0 Å². The molecule has 2 aromatic rings. The van der Waals surface area contributed by atoms with Crippen molar-refractivity contribution in [3.63, 3.8) is 0 Å². The lowest BCUT2D eigenvalue weighted by Gasteiger charge is -2.24. The molecule has 1 atom stereocenters. The van der Waals surface area contributed by atoms with Crippen LogP contribution in [0.25, 0.3) is 0 Å². The molecule has 1 amide bonds. The first-order chi connectivity index (χ1) is 11.7. The van der Waals surface area contributed by atoms with E-state index in [0.717, 1.165) is 25.0 Å². The number of hydrazone groups is 1. The second kappa shape index (κ2) is 7.73. The Kier molecular flexibility index (Phi) is 5.21. The van der Waals surface area contributed by atoms with Crippen LogP contribution in [0.2, 0.25) is 0 Å². The highest BCUT2D eigenvalue weighted by molar-refractivity contribution is 5.92. The van der Waals surface area contributed by atoms with Gasteiger partial charge in [0.1, 0.15) is 6.54 Å². The number of amides is 1. The van der Waals surface area contributed by atoms with E-state index in [9.17, 15) is 9.59 Å². The van der Waals surface area contributed by atoms with E-state index in [1.54, 1.807) is 18.3 Å². The maximum Gasteiger partial charge on any atom is 0.260 e. The Bertz CT molecular complexity index is 780. The van der Waals surface area contributed by atoms with Crippen molar-refractivity contribution in [2.45, 2.75) is 38.1 Å². The summed E-state index contributed by atoms with van der Waals surface area (Å²) in [6.07, 6.45) is 5.81. The normalized spacial score (nSPS) is 19.2. The third-order valence-corrected chi connectivity index (χ3v) is 4.32. The zero-order valence-electron chi connectivity index (χ0n) is 13.5. The minimum Gasteiger partial charge on any atom is -0.306 e. The van der Waals surface area contributed by atoms with Gasteiger partial charge in [-0.05, 0) is 30.9 Å². The molecule has 1 aliphatic carbocycles. The van der Waals surface area contributed by atoms with Crippen LogP contribution >= 0.6 is 0 Å². The summed E-state index contributed by atoms with van der Waals surface area (Å²) < 4.78 is 1.37. The zero-order valence-corrected chi connectivity index (χ0v) is 13.5. The van der Waals surface area contributed by atoms with Gasteiger partial charge in [-0.1, -0.05) is 42.8 Å². The van der Waals surface area contributed by atoms with Crippen molar-refractivity contribution in [3.05, 3.63) is 70.6 Å². The largest absolute Gasteiger partial charge is 0.306 e. The number of rotatable bonds is 4. The van der Waals surface area contributed by atoms with E-state index in [-0.39, 0.29) is 23.9 Å². The molecule has 1 N–H and O–H groups in total. The van der Waals surface area contributed by atoms with Crippen LogP contribution in [0.1, 0.15) is 37.2 Å². The average Bonchev–Trinajstić information content (AvgIpc) is 2.63. The molecule has 0 radical (unpaired) electrons. The molecule has 0 unspecified atom stereocenters. The topological polar surface area (TPSA) is 63.5 Å². The molecule has 1 aromatic heterocycles. The first kappa shape index (κ1) is 16.2. The molecule has 24 heavy (non-hydrogen) atoms. The van der Waals surface area contributed by atoms with Crippen LogP contribution in [-0.2, 0) is 11.3 Å². The predicted octanol–water partition coefficient (Wildman–Crippen LogP) is 2.68. The summed E-state index contributed by atoms with van der Waals surface area (Å²) in [4.78, 5) is 23.7. The van der Waals surface area contributed by atoms with Crippen LogP contribution in [0.3, 0.4) is 0 Å². The standard InChI is InChI=1S/C19H21N3O2/c23-18(14-22-13-7-6-12-19(22)24)21-20-17-11-5-4-10-16(17)15-8-2-1-3-9-15/h1-3,6-9,12-13,16H,4-5,10-11,14H2,(H,21,23)/b20-17-/t16-/m0/s1. The van der Waals surface area contributed by atoms with Crippen LogP contribution in [0, 0.1) is 0 Å². The monoisotopic (exact) mass is 323 g/mol.